The second kappa shape index (κ2) is 7.76. The lowest BCUT2D eigenvalue weighted by Gasteiger charge is -2.25. The molecule has 1 aliphatic carbocycles. The molecule has 160 valence electrons. The number of aromatic amines is 1. The van der Waals surface area contributed by atoms with Gasteiger partial charge in [0.15, 0.2) is 0 Å². The molecule has 3 heterocycles. The zero-order valence-electron chi connectivity index (χ0n) is 16.9. The normalized spacial score (nSPS) is 17.7. The second-order valence-corrected chi connectivity index (χ2v) is 8.25. The summed E-state index contributed by atoms with van der Waals surface area (Å²) in [7, 11) is 0. The number of nitrogens with one attached hydrogen (secondary N) is 2. The van der Waals surface area contributed by atoms with Gasteiger partial charge in [-0.3, -0.25) is 9.59 Å². The molecule has 1 unspecified atom stereocenters. The van der Waals surface area contributed by atoms with E-state index in [2.05, 4.69) is 15.3 Å². The van der Waals surface area contributed by atoms with Crippen LogP contribution in [0.1, 0.15) is 46.7 Å². The molecule has 2 aliphatic rings. The van der Waals surface area contributed by atoms with Gasteiger partial charge in [-0.25, -0.2) is 13.8 Å². The van der Waals surface area contributed by atoms with Crippen molar-refractivity contribution in [3.8, 4) is 11.3 Å². The smallest absolute Gasteiger partial charge is 0.261 e. The van der Waals surface area contributed by atoms with Gasteiger partial charge in [0.1, 0.15) is 23.0 Å². The molecule has 5 rings (SSSR count). The number of pyridine rings is 1. The summed E-state index contributed by atoms with van der Waals surface area (Å²) in [6.45, 7) is 0.472. The molecule has 6 nitrogen and oxygen atoms in total. The highest BCUT2D eigenvalue weighted by Gasteiger charge is 2.25. The van der Waals surface area contributed by atoms with Gasteiger partial charge in [0.2, 0.25) is 0 Å². The lowest BCUT2D eigenvalue weighted by atomic mass is 9.95. The average Bonchev–Trinajstić information content (AvgIpc) is 3.16. The maximum Gasteiger partial charge on any atom is 0.261 e. The first-order valence-electron chi connectivity index (χ1n) is 10.6. The average molecular weight is 424 g/mol. The predicted octanol–water partition coefficient (Wildman–Crippen LogP) is 3.14. The maximum atomic E-state index is 14.1. The summed E-state index contributed by atoms with van der Waals surface area (Å²) >= 11 is 0. The van der Waals surface area contributed by atoms with Crippen LogP contribution in [0.4, 0.5) is 8.78 Å². The molecule has 0 saturated carbocycles. The molecule has 0 radical (unpaired) electrons. The monoisotopic (exact) mass is 424 g/mol. The number of carbonyl (C=O) groups is 1. The van der Waals surface area contributed by atoms with Gasteiger partial charge in [-0.1, -0.05) is 0 Å². The molecule has 2 aromatic heterocycles. The Morgan fingerprint density at radius 3 is 2.84 bits per heavy atom. The van der Waals surface area contributed by atoms with Crippen molar-refractivity contribution in [1.82, 2.24) is 19.9 Å². The van der Waals surface area contributed by atoms with E-state index in [1.54, 1.807) is 12.3 Å². The first-order valence-corrected chi connectivity index (χ1v) is 10.6. The van der Waals surface area contributed by atoms with Crippen molar-refractivity contribution in [3.63, 3.8) is 0 Å². The van der Waals surface area contributed by atoms with Gasteiger partial charge in [0.05, 0.1) is 5.69 Å². The number of H-pyrrole nitrogens is 1. The summed E-state index contributed by atoms with van der Waals surface area (Å²) in [5, 5.41) is 2.96. The summed E-state index contributed by atoms with van der Waals surface area (Å²) in [5.41, 5.74) is 2.45. The van der Waals surface area contributed by atoms with Crippen molar-refractivity contribution >= 4 is 5.91 Å². The van der Waals surface area contributed by atoms with Crippen LogP contribution in [0.15, 0.2) is 35.3 Å². The molecule has 2 N–H and O–H groups in total. The third-order valence-electron chi connectivity index (χ3n) is 6.12. The van der Waals surface area contributed by atoms with Crippen molar-refractivity contribution in [3.05, 3.63) is 75.1 Å². The number of fused-ring (bicyclic) bond motifs is 2. The summed E-state index contributed by atoms with van der Waals surface area (Å²) < 4.78 is 29.2. The van der Waals surface area contributed by atoms with E-state index in [1.807, 2.05) is 4.57 Å². The van der Waals surface area contributed by atoms with E-state index in [4.69, 9.17) is 0 Å². The van der Waals surface area contributed by atoms with Gasteiger partial charge in [-0.05, 0) is 55.9 Å². The highest BCUT2D eigenvalue weighted by molar-refractivity contribution is 5.94. The molecular formula is C23H22F2N4O2. The fraction of sp³-hybridized carbons (Fsp3) is 0.348. The highest BCUT2D eigenvalue weighted by Crippen LogP contribution is 2.26. The van der Waals surface area contributed by atoms with Crippen LogP contribution in [-0.2, 0) is 25.8 Å². The highest BCUT2D eigenvalue weighted by atomic mass is 19.1. The lowest BCUT2D eigenvalue weighted by Crippen LogP contribution is -2.42. The number of halogens is 2. The molecule has 0 saturated heterocycles. The maximum absolute atomic E-state index is 14.1. The van der Waals surface area contributed by atoms with E-state index in [9.17, 15) is 18.4 Å². The number of carbonyl (C=O) groups excluding carboxylic acids is 1. The molecule has 8 heteroatoms. The molecule has 0 bridgehead atoms. The molecular weight excluding hydrogens is 402 g/mol. The van der Waals surface area contributed by atoms with Crippen molar-refractivity contribution in [2.24, 2.45) is 0 Å². The number of rotatable bonds is 3. The minimum atomic E-state index is -0.660. The van der Waals surface area contributed by atoms with Gasteiger partial charge in [0, 0.05) is 42.5 Å². The van der Waals surface area contributed by atoms with E-state index < -0.39 is 11.6 Å². The Bertz CT molecular complexity index is 1230. The number of benzene rings is 1. The van der Waals surface area contributed by atoms with Crippen LogP contribution < -0.4 is 10.9 Å². The van der Waals surface area contributed by atoms with Gasteiger partial charge in [-0.2, -0.15) is 0 Å². The van der Waals surface area contributed by atoms with Gasteiger partial charge < -0.3 is 14.9 Å². The third-order valence-corrected chi connectivity index (χ3v) is 6.12. The zero-order valence-corrected chi connectivity index (χ0v) is 16.9. The Hall–Kier alpha value is -3.29. The molecule has 1 aliphatic heterocycles. The molecule has 1 atom stereocenters. The van der Waals surface area contributed by atoms with Crippen molar-refractivity contribution in [2.45, 2.75) is 51.1 Å². The first-order chi connectivity index (χ1) is 15.0. The standard InChI is InChI=1S/C23H22F2N4O2/c24-14-5-7-16(18(25)10-14)20-12-29-11-15(6-8-21(29)27-20)26-22(30)17-9-13-3-1-2-4-19(13)28-23(17)31/h5,7,9-10,12,15H,1-4,6,8,11H2,(H,26,30)(H,28,31). The van der Waals surface area contributed by atoms with Gasteiger partial charge in [-0.15, -0.1) is 0 Å². The molecule has 0 fully saturated rings. The van der Waals surface area contributed by atoms with Crippen molar-refractivity contribution in [1.29, 1.82) is 0 Å². The van der Waals surface area contributed by atoms with E-state index in [0.29, 0.717) is 25.1 Å². The predicted molar refractivity (Wildman–Crippen MR) is 111 cm³/mol. The fourth-order valence-corrected chi connectivity index (χ4v) is 4.50. The number of nitrogens with zero attached hydrogens (tertiary/aromatic N) is 2. The minimum absolute atomic E-state index is 0.145. The van der Waals surface area contributed by atoms with Gasteiger partial charge >= 0.3 is 0 Å². The third kappa shape index (κ3) is 3.78. The Kier molecular flexibility index (Phi) is 4.92. The van der Waals surface area contributed by atoms with Crippen molar-refractivity contribution < 1.29 is 13.6 Å². The molecule has 3 aromatic rings. The summed E-state index contributed by atoms with van der Waals surface area (Å²) in [5.74, 6) is -0.888. The topological polar surface area (TPSA) is 79.8 Å². The number of amides is 1. The number of hydrogen-bond donors (Lipinski definition) is 2. The van der Waals surface area contributed by atoms with E-state index in [0.717, 1.165) is 48.8 Å². The summed E-state index contributed by atoms with van der Waals surface area (Å²) in [4.78, 5) is 32.5. The van der Waals surface area contributed by atoms with Crippen molar-refractivity contribution in [2.75, 3.05) is 0 Å². The first kappa shape index (κ1) is 19.7. The van der Waals surface area contributed by atoms with E-state index in [1.165, 1.54) is 12.1 Å². The van der Waals surface area contributed by atoms with E-state index in [-0.39, 0.29) is 28.6 Å². The largest absolute Gasteiger partial charge is 0.347 e. The van der Waals surface area contributed by atoms with Crippen LogP contribution in [-0.4, -0.2) is 26.5 Å². The molecule has 1 amide bonds. The summed E-state index contributed by atoms with van der Waals surface area (Å²) in [6, 6.07) is 4.97. The number of hydrogen-bond acceptors (Lipinski definition) is 3. The number of imidazole rings is 1. The van der Waals surface area contributed by atoms with Crippen LogP contribution >= 0.6 is 0 Å². The zero-order chi connectivity index (χ0) is 21.5. The Balaban J connectivity index is 1.33. The van der Waals surface area contributed by atoms with Crippen LogP contribution in [0.25, 0.3) is 11.3 Å². The Labute approximate surface area is 177 Å². The second-order valence-electron chi connectivity index (χ2n) is 8.25. The Morgan fingerprint density at radius 2 is 2.00 bits per heavy atom. The van der Waals surface area contributed by atoms with Gasteiger partial charge in [0.25, 0.3) is 11.5 Å². The minimum Gasteiger partial charge on any atom is -0.347 e. The molecule has 0 spiro atoms. The molecule has 31 heavy (non-hydrogen) atoms. The van der Waals surface area contributed by atoms with E-state index >= 15 is 0 Å². The fourth-order valence-electron chi connectivity index (χ4n) is 4.50. The Morgan fingerprint density at radius 1 is 1.16 bits per heavy atom. The van der Waals surface area contributed by atoms with Crippen LogP contribution in [0.2, 0.25) is 0 Å². The quantitative estimate of drug-likeness (QED) is 0.678. The number of aryl methyl sites for hydroxylation is 3. The summed E-state index contributed by atoms with van der Waals surface area (Å²) in [6.07, 6.45) is 6.81. The van der Waals surface area contributed by atoms with Crippen LogP contribution in [0.5, 0.6) is 0 Å². The lowest BCUT2D eigenvalue weighted by molar-refractivity contribution is 0.0926. The SMILES string of the molecule is O=C(NC1CCc2nc(-c3ccc(F)cc3F)cn2C1)c1cc2c([nH]c1=O)CCCC2. The van der Waals surface area contributed by atoms with Crippen LogP contribution in [0, 0.1) is 11.6 Å². The molecule has 1 aromatic carbocycles. The van der Waals surface area contributed by atoms with Crippen LogP contribution in [0.3, 0.4) is 0 Å². The number of aromatic nitrogens is 3.